The second-order valence-corrected chi connectivity index (χ2v) is 5.11. The van der Waals surface area contributed by atoms with E-state index in [-0.39, 0.29) is 11.7 Å². The van der Waals surface area contributed by atoms with Crippen LogP contribution >= 0.6 is 11.6 Å². The van der Waals surface area contributed by atoms with Gasteiger partial charge < -0.3 is 10.6 Å². The zero-order chi connectivity index (χ0) is 14.3. The number of rotatable bonds is 2. The molecule has 1 heterocycles. The smallest absolute Gasteiger partial charge is 0.247 e. The highest BCUT2D eigenvalue weighted by Gasteiger charge is 2.47. The number of carbonyl (C=O) groups is 1. The van der Waals surface area contributed by atoms with E-state index in [1.807, 2.05) is 0 Å². The molecule has 0 spiro atoms. The molecule has 0 aliphatic carbocycles. The Morgan fingerprint density at radius 1 is 1.10 bits per heavy atom. The van der Waals surface area contributed by atoms with Crippen LogP contribution in [0.1, 0.15) is 11.6 Å². The van der Waals surface area contributed by atoms with Crippen molar-refractivity contribution in [2.24, 2.45) is 5.73 Å². The first-order valence-electron chi connectivity index (χ1n) is 6.18. The fourth-order valence-corrected chi connectivity index (χ4v) is 2.57. The number of carbonyl (C=O) groups excluding carboxylic acids is 1. The zero-order valence-corrected chi connectivity index (χ0v) is 11.2. The van der Waals surface area contributed by atoms with E-state index in [0.29, 0.717) is 16.3 Å². The number of amides is 1. The van der Waals surface area contributed by atoms with Crippen LogP contribution in [-0.4, -0.2) is 11.9 Å². The summed E-state index contributed by atoms with van der Waals surface area (Å²) in [5.41, 5.74) is 6.93. The second-order valence-electron chi connectivity index (χ2n) is 4.68. The fourth-order valence-electron chi connectivity index (χ4n) is 2.45. The lowest BCUT2D eigenvalue weighted by Gasteiger charge is -2.45. The van der Waals surface area contributed by atoms with Crippen molar-refractivity contribution < 1.29 is 9.18 Å². The lowest BCUT2D eigenvalue weighted by atomic mass is 9.88. The summed E-state index contributed by atoms with van der Waals surface area (Å²) < 4.78 is 13.9. The van der Waals surface area contributed by atoms with Gasteiger partial charge in [0.15, 0.2) is 0 Å². The summed E-state index contributed by atoms with van der Waals surface area (Å²) in [5, 5.41) is 0.577. The number of β-lactam (4-membered cyclic amide) rings is 1. The normalized spacial score (nSPS) is 21.8. The Hall–Kier alpha value is -1.91. The Balaban J connectivity index is 2.00. The maximum Gasteiger partial charge on any atom is 0.247 e. The molecular formula is C15H12ClFN2O. The van der Waals surface area contributed by atoms with Crippen molar-refractivity contribution >= 4 is 23.2 Å². The molecule has 1 fully saturated rings. The van der Waals surface area contributed by atoms with Gasteiger partial charge in [-0.1, -0.05) is 29.8 Å². The highest BCUT2D eigenvalue weighted by Crippen LogP contribution is 2.39. The third-order valence-electron chi connectivity index (χ3n) is 3.47. The molecule has 20 heavy (non-hydrogen) atoms. The van der Waals surface area contributed by atoms with E-state index in [1.165, 1.54) is 11.0 Å². The van der Waals surface area contributed by atoms with Crippen molar-refractivity contribution in [3.05, 3.63) is 64.9 Å². The molecule has 0 aromatic heterocycles. The summed E-state index contributed by atoms with van der Waals surface area (Å²) in [5.74, 6) is -0.583. The van der Waals surface area contributed by atoms with Gasteiger partial charge in [-0.05, 0) is 30.3 Å². The topological polar surface area (TPSA) is 46.3 Å². The molecule has 1 aliphatic heterocycles. The van der Waals surface area contributed by atoms with Gasteiger partial charge in [0.05, 0.1) is 6.04 Å². The molecule has 0 saturated carbocycles. The summed E-state index contributed by atoms with van der Waals surface area (Å²) in [4.78, 5) is 13.5. The Morgan fingerprint density at radius 3 is 2.40 bits per heavy atom. The molecular weight excluding hydrogens is 279 g/mol. The molecule has 3 nitrogen and oxygen atoms in total. The lowest BCUT2D eigenvalue weighted by Crippen LogP contribution is -2.63. The quantitative estimate of drug-likeness (QED) is 0.865. The Morgan fingerprint density at radius 2 is 1.75 bits per heavy atom. The van der Waals surface area contributed by atoms with Gasteiger partial charge in [-0.2, -0.15) is 0 Å². The lowest BCUT2D eigenvalue weighted by molar-refractivity contribution is -0.126. The second kappa shape index (κ2) is 4.89. The summed E-state index contributed by atoms with van der Waals surface area (Å²) in [6, 6.07) is 12.0. The third kappa shape index (κ3) is 1.97. The zero-order valence-electron chi connectivity index (χ0n) is 10.5. The van der Waals surface area contributed by atoms with E-state index >= 15 is 0 Å². The highest BCUT2D eigenvalue weighted by atomic mass is 35.5. The van der Waals surface area contributed by atoms with Gasteiger partial charge in [0.1, 0.15) is 11.9 Å². The number of hydrogen-bond donors (Lipinski definition) is 1. The standard InChI is InChI=1S/C15H12ClFN2O/c16-9-5-7-10(8-6-9)19-14(13(18)15(19)20)11-3-1-2-4-12(11)17/h1-8,13-14H,18H2. The molecule has 2 aromatic carbocycles. The van der Waals surface area contributed by atoms with Crippen molar-refractivity contribution in [1.29, 1.82) is 0 Å². The van der Waals surface area contributed by atoms with Gasteiger partial charge in [0.2, 0.25) is 5.91 Å². The minimum absolute atomic E-state index is 0.222. The number of benzene rings is 2. The molecule has 5 heteroatoms. The number of halogens is 2. The Labute approximate surface area is 120 Å². The Bertz CT molecular complexity index is 659. The number of anilines is 1. The molecule has 102 valence electrons. The van der Waals surface area contributed by atoms with Gasteiger partial charge in [-0.15, -0.1) is 0 Å². The monoisotopic (exact) mass is 290 g/mol. The van der Waals surface area contributed by atoms with Crippen LogP contribution in [-0.2, 0) is 4.79 Å². The minimum atomic E-state index is -0.720. The van der Waals surface area contributed by atoms with Crippen LogP contribution in [0.4, 0.5) is 10.1 Å². The van der Waals surface area contributed by atoms with Gasteiger partial charge in [0.25, 0.3) is 0 Å². The molecule has 2 unspecified atom stereocenters. The maximum atomic E-state index is 13.9. The van der Waals surface area contributed by atoms with Crippen LogP contribution in [0.15, 0.2) is 48.5 Å². The van der Waals surface area contributed by atoms with E-state index in [1.54, 1.807) is 42.5 Å². The van der Waals surface area contributed by atoms with Gasteiger partial charge in [-0.25, -0.2) is 4.39 Å². The summed E-state index contributed by atoms with van der Waals surface area (Å²) in [6.07, 6.45) is 0. The van der Waals surface area contributed by atoms with E-state index in [9.17, 15) is 9.18 Å². The number of hydrogen-bond acceptors (Lipinski definition) is 2. The van der Waals surface area contributed by atoms with E-state index < -0.39 is 12.1 Å². The largest absolute Gasteiger partial charge is 0.318 e. The fraction of sp³-hybridized carbons (Fsp3) is 0.133. The van der Waals surface area contributed by atoms with Gasteiger partial charge in [-0.3, -0.25) is 4.79 Å². The first-order chi connectivity index (χ1) is 9.59. The summed E-state index contributed by atoms with van der Waals surface area (Å²) in [7, 11) is 0. The number of nitrogens with two attached hydrogens (primary N) is 1. The molecule has 1 aliphatic rings. The van der Waals surface area contributed by atoms with E-state index in [2.05, 4.69) is 0 Å². The van der Waals surface area contributed by atoms with Crippen molar-refractivity contribution in [1.82, 2.24) is 0 Å². The minimum Gasteiger partial charge on any atom is -0.318 e. The number of nitrogens with zero attached hydrogens (tertiary/aromatic N) is 1. The van der Waals surface area contributed by atoms with Crippen LogP contribution < -0.4 is 10.6 Å². The summed E-state index contributed by atoms with van der Waals surface area (Å²) in [6.45, 7) is 0. The van der Waals surface area contributed by atoms with E-state index in [0.717, 1.165) is 0 Å². The van der Waals surface area contributed by atoms with E-state index in [4.69, 9.17) is 17.3 Å². The van der Waals surface area contributed by atoms with Crippen molar-refractivity contribution in [2.45, 2.75) is 12.1 Å². The summed E-state index contributed by atoms with van der Waals surface area (Å²) >= 11 is 5.83. The Kier molecular flexibility index (Phi) is 3.20. The van der Waals surface area contributed by atoms with Crippen molar-refractivity contribution in [2.75, 3.05) is 4.90 Å². The van der Waals surface area contributed by atoms with Crippen LogP contribution in [0.25, 0.3) is 0 Å². The highest BCUT2D eigenvalue weighted by molar-refractivity contribution is 6.30. The molecule has 2 N–H and O–H groups in total. The average Bonchev–Trinajstić information content (AvgIpc) is 2.46. The maximum absolute atomic E-state index is 13.9. The molecule has 0 radical (unpaired) electrons. The van der Waals surface area contributed by atoms with Crippen LogP contribution in [0.3, 0.4) is 0 Å². The van der Waals surface area contributed by atoms with Crippen LogP contribution in [0.2, 0.25) is 5.02 Å². The molecule has 2 atom stereocenters. The van der Waals surface area contributed by atoms with Gasteiger partial charge in [0, 0.05) is 16.3 Å². The van der Waals surface area contributed by atoms with Crippen molar-refractivity contribution in [3.63, 3.8) is 0 Å². The molecule has 2 aromatic rings. The SMILES string of the molecule is NC1C(=O)N(c2ccc(Cl)cc2)C1c1ccccc1F. The molecule has 1 saturated heterocycles. The third-order valence-corrected chi connectivity index (χ3v) is 3.72. The predicted molar refractivity (Wildman–Crippen MR) is 76.1 cm³/mol. The predicted octanol–water partition coefficient (Wildman–Crippen LogP) is 2.89. The molecule has 1 amide bonds. The molecule has 3 rings (SSSR count). The van der Waals surface area contributed by atoms with Gasteiger partial charge >= 0.3 is 0 Å². The molecule has 0 bridgehead atoms. The van der Waals surface area contributed by atoms with Crippen LogP contribution in [0, 0.1) is 5.82 Å². The van der Waals surface area contributed by atoms with Crippen molar-refractivity contribution in [3.8, 4) is 0 Å². The first kappa shape index (κ1) is 13.1. The first-order valence-corrected chi connectivity index (χ1v) is 6.56. The average molecular weight is 291 g/mol. The van der Waals surface area contributed by atoms with Crippen LogP contribution in [0.5, 0.6) is 0 Å².